The Balaban J connectivity index is 2.90. The second-order valence-corrected chi connectivity index (χ2v) is 4.91. The van der Waals surface area contributed by atoms with Crippen LogP contribution in [0, 0.1) is 5.41 Å². The van der Waals surface area contributed by atoms with Crippen molar-refractivity contribution in [1.29, 1.82) is 5.41 Å². The molecule has 0 aliphatic carbocycles. The van der Waals surface area contributed by atoms with E-state index in [-0.39, 0.29) is 5.91 Å². The fourth-order valence-electron chi connectivity index (χ4n) is 0.504. The molecule has 5 heteroatoms. The molecule has 0 aromatic carbocycles. The van der Waals surface area contributed by atoms with E-state index in [1.165, 1.54) is 6.21 Å². The van der Waals surface area contributed by atoms with Crippen LogP contribution in [0.1, 0.15) is 19.3 Å². The molecule has 0 saturated carbocycles. The molecule has 0 fully saturated rings. The van der Waals surface area contributed by atoms with Crippen LogP contribution in [0.3, 0.4) is 0 Å². The van der Waals surface area contributed by atoms with Gasteiger partial charge in [-0.05, 0) is 19.1 Å². The highest BCUT2D eigenvalue weighted by Gasteiger charge is 1.94. The van der Waals surface area contributed by atoms with Crippen LogP contribution >= 0.6 is 21.6 Å². The summed E-state index contributed by atoms with van der Waals surface area (Å²) in [6.07, 6.45) is 3.78. The van der Waals surface area contributed by atoms with Crippen LogP contribution in [0.15, 0.2) is 0 Å². The zero-order valence-electron chi connectivity index (χ0n) is 6.91. The Morgan fingerprint density at radius 3 is 2.67 bits per heavy atom. The minimum absolute atomic E-state index is 0.234. The lowest BCUT2D eigenvalue weighted by Gasteiger charge is -1.97. The molecule has 0 unspecified atom stereocenters. The summed E-state index contributed by atoms with van der Waals surface area (Å²) in [5.74, 6) is 1.60. The van der Waals surface area contributed by atoms with Gasteiger partial charge < -0.3 is 11.1 Å². The third-order valence-corrected chi connectivity index (χ3v) is 3.58. The van der Waals surface area contributed by atoms with Gasteiger partial charge in [-0.15, -0.1) is 0 Å². The number of amides is 1. The summed E-state index contributed by atoms with van der Waals surface area (Å²) in [7, 11) is 3.41. The summed E-state index contributed by atoms with van der Waals surface area (Å²) in [5.41, 5.74) is 4.96. The molecule has 0 aromatic heterocycles. The zero-order valence-corrected chi connectivity index (χ0v) is 8.55. The van der Waals surface area contributed by atoms with Gasteiger partial charge in [0.1, 0.15) is 0 Å². The van der Waals surface area contributed by atoms with Gasteiger partial charge in [0.25, 0.3) is 0 Å². The highest BCUT2D eigenvalue weighted by molar-refractivity contribution is 8.76. The SMILES string of the molecule is N=CCCCSSCCC(N)=O. The van der Waals surface area contributed by atoms with Crippen molar-refractivity contribution in [2.45, 2.75) is 19.3 Å². The van der Waals surface area contributed by atoms with E-state index in [9.17, 15) is 4.79 Å². The standard InChI is InChI=1S/C7H14N2OS2/c8-4-1-2-5-11-12-6-3-7(9)10/h4,8H,1-3,5-6H2,(H2,9,10). The highest BCUT2D eigenvalue weighted by Crippen LogP contribution is 2.22. The van der Waals surface area contributed by atoms with Crippen LogP contribution in [-0.2, 0) is 4.79 Å². The minimum Gasteiger partial charge on any atom is -0.370 e. The minimum atomic E-state index is -0.234. The molecule has 70 valence electrons. The lowest BCUT2D eigenvalue weighted by Crippen LogP contribution is -2.10. The van der Waals surface area contributed by atoms with Crippen molar-refractivity contribution in [3.8, 4) is 0 Å². The molecule has 0 atom stereocenters. The highest BCUT2D eigenvalue weighted by atomic mass is 33.1. The number of nitrogens with two attached hydrogens (primary N) is 1. The Labute approximate surface area is 80.8 Å². The van der Waals surface area contributed by atoms with Crippen LogP contribution in [0.25, 0.3) is 0 Å². The largest absolute Gasteiger partial charge is 0.370 e. The van der Waals surface area contributed by atoms with E-state index in [1.807, 2.05) is 0 Å². The molecule has 0 bridgehead atoms. The summed E-state index contributed by atoms with van der Waals surface area (Å²) in [6, 6.07) is 0. The molecule has 0 saturated heterocycles. The smallest absolute Gasteiger partial charge is 0.218 e. The lowest BCUT2D eigenvalue weighted by molar-refractivity contribution is -0.117. The Morgan fingerprint density at radius 1 is 1.42 bits per heavy atom. The molecular formula is C7H14N2OS2. The molecule has 0 aliphatic rings. The quantitative estimate of drug-likeness (QED) is 0.361. The van der Waals surface area contributed by atoms with Crippen molar-refractivity contribution >= 4 is 33.7 Å². The normalized spacial score (nSPS) is 9.67. The number of unbranched alkanes of at least 4 members (excludes halogenated alkanes) is 1. The molecule has 1 amide bonds. The number of hydrogen-bond acceptors (Lipinski definition) is 4. The summed E-state index contributed by atoms with van der Waals surface area (Å²) in [6.45, 7) is 0. The van der Waals surface area contributed by atoms with Crippen LogP contribution < -0.4 is 5.73 Å². The van der Waals surface area contributed by atoms with Crippen LogP contribution in [0.4, 0.5) is 0 Å². The second-order valence-electron chi connectivity index (χ2n) is 2.21. The topological polar surface area (TPSA) is 66.9 Å². The third kappa shape index (κ3) is 9.84. The first kappa shape index (κ1) is 11.8. The molecule has 0 aliphatic heterocycles. The first-order valence-corrected chi connectivity index (χ1v) is 6.28. The van der Waals surface area contributed by atoms with Crippen molar-refractivity contribution in [2.24, 2.45) is 5.73 Å². The number of hydrogen-bond donors (Lipinski definition) is 2. The van der Waals surface area contributed by atoms with Gasteiger partial charge in [0, 0.05) is 17.9 Å². The molecule has 0 aromatic rings. The van der Waals surface area contributed by atoms with Crippen molar-refractivity contribution in [3.63, 3.8) is 0 Å². The van der Waals surface area contributed by atoms with Crippen molar-refractivity contribution in [1.82, 2.24) is 0 Å². The Hall–Kier alpha value is -0.160. The Bertz CT molecular complexity index is 141. The number of carbonyl (C=O) groups is 1. The van der Waals surface area contributed by atoms with E-state index in [1.54, 1.807) is 21.6 Å². The fourth-order valence-corrected chi connectivity index (χ4v) is 2.62. The maximum Gasteiger partial charge on any atom is 0.218 e. The van der Waals surface area contributed by atoms with E-state index in [0.717, 1.165) is 24.3 Å². The van der Waals surface area contributed by atoms with Crippen LogP contribution in [0.5, 0.6) is 0 Å². The Kier molecular flexibility index (Phi) is 8.81. The molecule has 0 heterocycles. The van der Waals surface area contributed by atoms with Crippen LogP contribution in [0.2, 0.25) is 0 Å². The van der Waals surface area contributed by atoms with E-state index in [2.05, 4.69) is 0 Å². The summed E-state index contributed by atoms with van der Waals surface area (Å²) < 4.78 is 0. The Morgan fingerprint density at radius 2 is 2.08 bits per heavy atom. The van der Waals surface area contributed by atoms with Gasteiger partial charge in [-0.1, -0.05) is 21.6 Å². The first-order valence-electron chi connectivity index (χ1n) is 3.79. The van der Waals surface area contributed by atoms with Gasteiger partial charge in [-0.3, -0.25) is 4.79 Å². The van der Waals surface area contributed by atoms with Gasteiger partial charge in [-0.2, -0.15) is 0 Å². The van der Waals surface area contributed by atoms with Gasteiger partial charge >= 0.3 is 0 Å². The maximum atomic E-state index is 10.3. The second kappa shape index (κ2) is 8.93. The monoisotopic (exact) mass is 206 g/mol. The lowest BCUT2D eigenvalue weighted by atomic mass is 10.4. The molecule has 0 radical (unpaired) electrons. The van der Waals surface area contributed by atoms with E-state index in [0.29, 0.717) is 6.42 Å². The molecule has 3 nitrogen and oxygen atoms in total. The maximum absolute atomic E-state index is 10.3. The van der Waals surface area contributed by atoms with Crippen molar-refractivity contribution in [3.05, 3.63) is 0 Å². The van der Waals surface area contributed by atoms with Crippen LogP contribution in [-0.4, -0.2) is 23.6 Å². The third-order valence-electron chi connectivity index (χ3n) is 1.09. The van der Waals surface area contributed by atoms with Crippen molar-refractivity contribution in [2.75, 3.05) is 11.5 Å². The predicted molar refractivity (Wildman–Crippen MR) is 56.7 cm³/mol. The number of carbonyl (C=O) groups excluding carboxylic acids is 1. The summed E-state index contributed by atoms with van der Waals surface area (Å²) in [5, 5.41) is 6.77. The molecule has 0 rings (SSSR count). The van der Waals surface area contributed by atoms with Gasteiger partial charge in [0.05, 0.1) is 0 Å². The zero-order chi connectivity index (χ0) is 9.23. The molecule has 3 N–H and O–H groups in total. The van der Waals surface area contributed by atoms with Gasteiger partial charge in [0.15, 0.2) is 0 Å². The van der Waals surface area contributed by atoms with Gasteiger partial charge in [0.2, 0.25) is 5.91 Å². The van der Waals surface area contributed by atoms with E-state index < -0.39 is 0 Å². The van der Waals surface area contributed by atoms with Crippen molar-refractivity contribution < 1.29 is 4.79 Å². The molecular weight excluding hydrogens is 192 g/mol. The van der Waals surface area contributed by atoms with E-state index in [4.69, 9.17) is 11.1 Å². The number of primary amides is 1. The average Bonchev–Trinajstić information content (AvgIpc) is 2.02. The average molecular weight is 206 g/mol. The van der Waals surface area contributed by atoms with E-state index >= 15 is 0 Å². The fraction of sp³-hybridized carbons (Fsp3) is 0.714. The summed E-state index contributed by atoms with van der Waals surface area (Å²) >= 11 is 0. The number of rotatable bonds is 8. The molecule has 12 heavy (non-hydrogen) atoms. The first-order chi connectivity index (χ1) is 5.77. The van der Waals surface area contributed by atoms with Gasteiger partial charge in [-0.25, -0.2) is 0 Å². The molecule has 0 spiro atoms. The number of nitrogens with one attached hydrogen (secondary N) is 1. The predicted octanol–water partition coefficient (Wildman–Crippen LogP) is 1.67. The summed E-state index contributed by atoms with van der Waals surface area (Å²) in [4.78, 5) is 10.3.